The van der Waals surface area contributed by atoms with Crippen molar-refractivity contribution in [3.05, 3.63) is 42.7 Å². The Morgan fingerprint density at radius 3 is 2.50 bits per heavy atom. The molecule has 0 heterocycles. The Morgan fingerprint density at radius 2 is 2.00 bits per heavy atom. The Balaban J connectivity index is 2.96. The number of benzene rings is 1. The van der Waals surface area contributed by atoms with Crippen LogP contribution in [0, 0.1) is 6.92 Å². The zero-order valence-corrected chi connectivity index (χ0v) is 11.6. The third-order valence-corrected chi connectivity index (χ3v) is 4.14. The molecule has 107 valence electrons. The molecule has 1 aromatic carbocycles. The van der Waals surface area contributed by atoms with Crippen molar-refractivity contribution in [3.63, 3.8) is 0 Å². The van der Waals surface area contributed by atoms with E-state index < -0.39 is 27.7 Å². The number of hydrogen-bond acceptors (Lipinski definition) is 6. The predicted octanol–water partition coefficient (Wildman–Crippen LogP) is 0.908. The largest absolute Gasteiger partial charge is 0.441 e. The van der Waals surface area contributed by atoms with Crippen molar-refractivity contribution in [1.82, 2.24) is 0 Å². The lowest BCUT2D eigenvalue weighted by Gasteiger charge is -2.12. The van der Waals surface area contributed by atoms with Gasteiger partial charge in [0, 0.05) is 0 Å². The summed E-state index contributed by atoms with van der Waals surface area (Å²) < 4.78 is 32.9. The van der Waals surface area contributed by atoms with E-state index in [0.29, 0.717) is 0 Å². The van der Waals surface area contributed by atoms with Crippen LogP contribution in [0.25, 0.3) is 0 Å². The normalized spacial score (nSPS) is 12.2. The molecule has 7 heteroatoms. The molecule has 1 aromatic rings. The molecule has 0 spiro atoms. The third-order valence-electron chi connectivity index (χ3n) is 2.40. The van der Waals surface area contributed by atoms with Gasteiger partial charge in [0.05, 0.1) is 11.2 Å². The van der Waals surface area contributed by atoms with E-state index in [2.05, 4.69) is 16.1 Å². The average Bonchev–Trinajstić information content (AvgIpc) is 2.39. The van der Waals surface area contributed by atoms with Crippen molar-refractivity contribution in [2.75, 3.05) is 5.75 Å². The van der Waals surface area contributed by atoms with Crippen LogP contribution in [0.1, 0.15) is 5.56 Å². The number of ether oxygens (including phenoxy) is 2. The van der Waals surface area contributed by atoms with E-state index in [4.69, 9.17) is 0 Å². The summed E-state index contributed by atoms with van der Waals surface area (Å²) in [5.74, 6) is -1.75. The third kappa shape index (κ3) is 4.20. The van der Waals surface area contributed by atoms with Gasteiger partial charge in [0.25, 0.3) is 0 Å². The van der Waals surface area contributed by atoms with Gasteiger partial charge in [-0.3, -0.25) is 0 Å². The number of aryl methyl sites for hydroxylation is 1. The smallest absolute Gasteiger partial charge is 0.418 e. The zero-order valence-electron chi connectivity index (χ0n) is 10.7. The van der Waals surface area contributed by atoms with E-state index in [1.165, 1.54) is 12.1 Å². The van der Waals surface area contributed by atoms with Crippen molar-refractivity contribution in [3.8, 4) is 0 Å². The minimum atomic E-state index is -3.80. The van der Waals surface area contributed by atoms with Crippen LogP contribution in [0.3, 0.4) is 0 Å². The van der Waals surface area contributed by atoms with Crippen LogP contribution in [0.15, 0.2) is 42.0 Å². The van der Waals surface area contributed by atoms with Gasteiger partial charge in [0.1, 0.15) is 5.75 Å². The molecule has 1 radical (unpaired) electrons. The monoisotopic (exact) mass is 297 g/mol. The van der Waals surface area contributed by atoms with Gasteiger partial charge in [-0.05, 0) is 19.1 Å². The molecule has 1 unspecified atom stereocenters. The highest BCUT2D eigenvalue weighted by atomic mass is 32.2. The van der Waals surface area contributed by atoms with Crippen LogP contribution in [0.4, 0.5) is 0 Å². The molecule has 0 saturated carbocycles. The molecule has 0 aromatic heterocycles. The van der Waals surface area contributed by atoms with Gasteiger partial charge < -0.3 is 9.47 Å². The molecule has 20 heavy (non-hydrogen) atoms. The van der Waals surface area contributed by atoms with E-state index in [0.717, 1.165) is 18.3 Å². The van der Waals surface area contributed by atoms with Crippen LogP contribution >= 0.6 is 0 Å². The number of sulfone groups is 1. The molecule has 0 bridgehead atoms. The second-order valence-corrected chi connectivity index (χ2v) is 5.92. The summed E-state index contributed by atoms with van der Waals surface area (Å²) in [6.07, 6.45) is -0.765. The lowest BCUT2D eigenvalue weighted by molar-refractivity contribution is -0.145. The standard InChI is InChI=1S/C13H13O6S/c1-3-18-13(15)12(19-9-14)8-20(16,17)11-6-4-10(2)5-7-11/h3-7,12H,1,8H2,2H3. The summed E-state index contributed by atoms with van der Waals surface area (Å²) >= 11 is 0. The topological polar surface area (TPSA) is 86.7 Å². The molecule has 1 atom stereocenters. The lowest BCUT2D eigenvalue weighted by Crippen LogP contribution is -2.32. The quantitative estimate of drug-likeness (QED) is 0.549. The van der Waals surface area contributed by atoms with Crippen LogP contribution < -0.4 is 0 Å². The van der Waals surface area contributed by atoms with Gasteiger partial charge in [-0.25, -0.2) is 18.0 Å². The maximum Gasteiger partial charge on any atom is 0.418 e. The van der Waals surface area contributed by atoms with E-state index in [9.17, 15) is 18.0 Å². The van der Waals surface area contributed by atoms with E-state index in [1.807, 2.05) is 6.92 Å². The first-order valence-corrected chi connectivity index (χ1v) is 7.19. The summed E-state index contributed by atoms with van der Waals surface area (Å²) in [4.78, 5) is 21.7. The van der Waals surface area contributed by atoms with Crippen LogP contribution in [-0.4, -0.2) is 32.7 Å². The first kappa shape index (κ1) is 15.9. The van der Waals surface area contributed by atoms with Gasteiger partial charge >= 0.3 is 12.4 Å². The van der Waals surface area contributed by atoms with Gasteiger partial charge in [-0.1, -0.05) is 24.3 Å². The average molecular weight is 297 g/mol. The van der Waals surface area contributed by atoms with E-state index in [1.54, 1.807) is 12.1 Å². The summed E-state index contributed by atoms with van der Waals surface area (Å²) in [6, 6.07) is 6.06. The number of esters is 1. The summed E-state index contributed by atoms with van der Waals surface area (Å²) in [5.41, 5.74) is 0.893. The number of rotatable bonds is 7. The van der Waals surface area contributed by atoms with Crippen molar-refractivity contribution in [2.24, 2.45) is 0 Å². The summed E-state index contributed by atoms with van der Waals surface area (Å²) in [6.45, 7) is 6.01. The highest BCUT2D eigenvalue weighted by Gasteiger charge is 2.29. The Labute approximate surface area is 116 Å². The number of carbonyl (C=O) groups excluding carboxylic acids is 2. The minimum Gasteiger partial charge on any atom is -0.441 e. The Bertz CT molecular complexity index is 588. The fourth-order valence-electron chi connectivity index (χ4n) is 1.41. The van der Waals surface area contributed by atoms with Gasteiger partial charge in [-0.2, -0.15) is 0 Å². The maximum absolute atomic E-state index is 12.1. The molecular weight excluding hydrogens is 284 g/mol. The summed E-state index contributed by atoms with van der Waals surface area (Å²) in [5, 5.41) is 0. The van der Waals surface area contributed by atoms with Crippen LogP contribution in [0.5, 0.6) is 0 Å². The van der Waals surface area contributed by atoms with E-state index >= 15 is 0 Å². The minimum absolute atomic E-state index is 0.0222. The van der Waals surface area contributed by atoms with Gasteiger partial charge in [0.15, 0.2) is 9.84 Å². The van der Waals surface area contributed by atoms with Crippen molar-refractivity contribution in [2.45, 2.75) is 17.9 Å². The van der Waals surface area contributed by atoms with Crippen LogP contribution in [-0.2, 0) is 28.9 Å². The van der Waals surface area contributed by atoms with Crippen molar-refractivity contribution >= 4 is 22.3 Å². The van der Waals surface area contributed by atoms with Crippen LogP contribution in [0.2, 0.25) is 0 Å². The maximum atomic E-state index is 12.1. The zero-order chi connectivity index (χ0) is 15.2. The highest BCUT2D eigenvalue weighted by Crippen LogP contribution is 2.14. The fraction of sp³-hybridized carbons (Fsp3) is 0.231. The Hall–Kier alpha value is -2.15. The van der Waals surface area contributed by atoms with E-state index in [-0.39, 0.29) is 4.90 Å². The van der Waals surface area contributed by atoms with Gasteiger partial charge in [0.2, 0.25) is 6.10 Å². The molecule has 0 N–H and O–H groups in total. The molecule has 0 amide bonds. The van der Waals surface area contributed by atoms with Crippen molar-refractivity contribution < 1.29 is 27.5 Å². The SMILES string of the molecule is C=COC(=O)C(CS(=O)(=O)c1ccc(C)cc1)O[C]=O. The second-order valence-electron chi connectivity index (χ2n) is 3.89. The highest BCUT2D eigenvalue weighted by molar-refractivity contribution is 7.91. The Kier molecular flexibility index (Phi) is 5.45. The predicted molar refractivity (Wildman–Crippen MR) is 70.1 cm³/mol. The molecule has 0 saturated heterocycles. The molecule has 0 aliphatic carbocycles. The molecule has 0 aliphatic heterocycles. The lowest BCUT2D eigenvalue weighted by atomic mass is 10.2. The molecule has 1 rings (SSSR count). The summed E-state index contributed by atoms with van der Waals surface area (Å²) in [7, 11) is -3.80. The van der Waals surface area contributed by atoms with Gasteiger partial charge in [-0.15, -0.1) is 0 Å². The van der Waals surface area contributed by atoms with Crippen molar-refractivity contribution in [1.29, 1.82) is 0 Å². The Morgan fingerprint density at radius 1 is 1.40 bits per heavy atom. The molecule has 0 fully saturated rings. The first-order valence-electron chi connectivity index (χ1n) is 5.54. The first-order chi connectivity index (χ1) is 9.40. The number of carbonyl (C=O) groups is 1. The molecule has 0 aliphatic rings. The number of hydrogen-bond donors (Lipinski definition) is 0. The molecule has 6 nitrogen and oxygen atoms in total. The second kappa shape index (κ2) is 6.85. The molecular formula is C13H13O6S. The fourth-order valence-corrected chi connectivity index (χ4v) is 2.75.